The first-order chi connectivity index (χ1) is 15.4. The normalized spacial score (nSPS) is 20.3. The zero-order chi connectivity index (χ0) is 22.8. The van der Waals surface area contributed by atoms with Crippen LogP contribution in [0.3, 0.4) is 0 Å². The molecule has 2 aliphatic heterocycles. The largest absolute Gasteiger partial charge is 0.444 e. The zero-order valence-electron chi connectivity index (χ0n) is 20.1. The monoisotopic (exact) mass is 443 g/mol. The minimum absolute atomic E-state index is 0.0953. The SMILES string of the molecule is CC(C)(C)OC(=O)N[C@@H](/C=C/CN1CCN(CC2CCOCC2)CC1)Cc1ccccc1. The molecule has 1 atom stereocenters. The molecular weight excluding hydrogens is 402 g/mol. The van der Waals surface area contributed by atoms with Crippen LogP contribution in [0.25, 0.3) is 0 Å². The van der Waals surface area contributed by atoms with Gasteiger partial charge in [0.05, 0.1) is 6.04 Å². The summed E-state index contributed by atoms with van der Waals surface area (Å²) >= 11 is 0. The Hall–Kier alpha value is -1.89. The summed E-state index contributed by atoms with van der Waals surface area (Å²) in [6, 6.07) is 10.2. The molecule has 3 rings (SSSR count). The molecule has 2 saturated heterocycles. The van der Waals surface area contributed by atoms with E-state index in [-0.39, 0.29) is 12.1 Å². The summed E-state index contributed by atoms with van der Waals surface area (Å²) in [6.45, 7) is 14.1. The van der Waals surface area contributed by atoms with Gasteiger partial charge in [0.1, 0.15) is 5.60 Å². The van der Waals surface area contributed by atoms with Crippen LogP contribution in [0.15, 0.2) is 42.5 Å². The Labute approximate surface area is 193 Å². The van der Waals surface area contributed by atoms with Gasteiger partial charge in [-0.3, -0.25) is 4.90 Å². The Bertz CT molecular complexity index is 703. The smallest absolute Gasteiger partial charge is 0.408 e. The minimum atomic E-state index is -0.505. The van der Waals surface area contributed by atoms with Crippen molar-refractivity contribution in [3.05, 3.63) is 48.0 Å². The molecule has 178 valence electrons. The highest BCUT2D eigenvalue weighted by Crippen LogP contribution is 2.17. The number of amides is 1. The Morgan fingerprint density at radius 1 is 1.12 bits per heavy atom. The zero-order valence-corrected chi connectivity index (χ0v) is 20.1. The first-order valence-corrected chi connectivity index (χ1v) is 12.1. The molecule has 0 spiro atoms. The van der Waals surface area contributed by atoms with E-state index in [1.807, 2.05) is 39.0 Å². The lowest BCUT2D eigenvalue weighted by molar-refractivity contribution is 0.0433. The molecule has 0 radical (unpaired) electrons. The summed E-state index contributed by atoms with van der Waals surface area (Å²) in [4.78, 5) is 17.4. The van der Waals surface area contributed by atoms with Gasteiger partial charge in [0.2, 0.25) is 0 Å². The van der Waals surface area contributed by atoms with Crippen molar-refractivity contribution in [2.24, 2.45) is 5.92 Å². The lowest BCUT2D eigenvalue weighted by atomic mass is 9.99. The third-order valence-electron chi connectivity index (χ3n) is 6.05. The number of hydrogen-bond acceptors (Lipinski definition) is 5. The van der Waals surface area contributed by atoms with Crippen LogP contribution in [0, 0.1) is 5.92 Å². The van der Waals surface area contributed by atoms with E-state index in [1.54, 1.807) is 0 Å². The maximum absolute atomic E-state index is 12.3. The van der Waals surface area contributed by atoms with Crippen LogP contribution in [0.5, 0.6) is 0 Å². The van der Waals surface area contributed by atoms with Crippen molar-refractivity contribution in [2.45, 2.75) is 51.7 Å². The number of piperazine rings is 1. The van der Waals surface area contributed by atoms with Crippen molar-refractivity contribution in [1.82, 2.24) is 15.1 Å². The Balaban J connectivity index is 1.46. The van der Waals surface area contributed by atoms with Crippen molar-refractivity contribution in [2.75, 3.05) is 52.5 Å². The Morgan fingerprint density at radius 3 is 2.44 bits per heavy atom. The number of carbonyl (C=O) groups excluding carboxylic acids is 1. The summed E-state index contributed by atoms with van der Waals surface area (Å²) in [5.74, 6) is 0.799. The number of nitrogens with one attached hydrogen (secondary N) is 1. The fourth-order valence-corrected chi connectivity index (χ4v) is 4.32. The van der Waals surface area contributed by atoms with Crippen LogP contribution in [0.2, 0.25) is 0 Å². The fourth-order valence-electron chi connectivity index (χ4n) is 4.32. The fraction of sp³-hybridized carbons (Fsp3) is 0.654. The van der Waals surface area contributed by atoms with Crippen molar-refractivity contribution < 1.29 is 14.3 Å². The highest BCUT2D eigenvalue weighted by molar-refractivity contribution is 5.68. The van der Waals surface area contributed by atoms with Gasteiger partial charge in [-0.1, -0.05) is 42.5 Å². The molecule has 2 aliphatic rings. The van der Waals surface area contributed by atoms with E-state index in [2.05, 4.69) is 39.4 Å². The summed E-state index contributed by atoms with van der Waals surface area (Å²) in [5, 5.41) is 3.03. The Morgan fingerprint density at radius 2 is 1.78 bits per heavy atom. The average molecular weight is 444 g/mol. The van der Waals surface area contributed by atoms with Crippen LogP contribution < -0.4 is 5.32 Å². The van der Waals surface area contributed by atoms with Gasteiger partial charge in [0.25, 0.3) is 0 Å². The van der Waals surface area contributed by atoms with E-state index >= 15 is 0 Å². The molecule has 0 bridgehead atoms. The summed E-state index contributed by atoms with van der Waals surface area (Å²) < 4.78 is 11.0. The second-order valence-corrected chi connectivity index (χ2v) is 10.0. The summed E-state index contributed by atoms with van der Waals surface area (Å²) in [5.41, 5.74) is 0.690. The van der Waals surface area contributed by atoms with Crippen LogP contribution >= 0.6 is 0 Å². The number of alkyl carbamates (subject to hydrolysis) is 1. The molecule has 0 aliphatic carbocycles. The second kappa shape index (κ2) is 12.4. The van der Waals surface area contributed by atoms with E-state index in [4.69, 9.17) is 9.47 Å². The second-order valence-electron chi connectivity index (χ2n) is 10.0. The van der Waals surface area contributed by atoms with Crippen molar-refractivity contribution in [3.8, 4) is 0 Å². The molecule has 2 heterocycles. The standard InChI is InChI=1S/C26H41N3O3/c1-26(2,3)32-25(30)27-24(20-22-8-5-4-6-9-22)10-7-13-28-14-16-29(17-15-28)21-23-11-18-31-19-12-23/h4-10,23-24H,11-21H2,1-3H3,(H,27,30)/b10-7+/t24-/m0/s1. The molecule has 1 aromatic carbocycles. The van der Waals surface area contributed by atoms with Crippen LogP contribution in [0.4, 0.5) is 4.79 Å². The number of benzene rings is 1. The van der Waals surface area contributed by atoms with Gasteiger partial charge in [-0.05, 0) is 51.5 Å². The third kappa shape index (κ3) is 9.31. The molecule has 1 aromatic rings. The van der Waals surface area contributed by atoms with Gasteiger partial charge in [-0.25, -0.2) is 4.79 Å². The topological polar surface area (TPSA) is 54.0 Å². The predicted octanol–water partition coefficient (Wildman–Crippen LogP) is 3.72. The lowest BCUT2D eigenvalue weighted by Crippen LogP contribution is -2.48. The van der Waals surface area contributed by atoms with E-state index < -0.39 is 5.60 Å². The number of carbonyl (C=O) groups is 1. The van der Waals surface area contributed by atoms with Gasteiger partial charge in [0, 0.05) is 52.5 Å². The highest BCUT2D eigenvalue weighted by Gasteiger charge is 2.22. The number of hydrogen-bond donors (Lipinski definition) is 1. The van der Waals surface area contributed by atoms with Gasteiger partial charge < -0.3 is 19.7 Å². The van der Waals surface area contributed by atoms with Gasteiger partial charge in [0.15, 0.2) is 0 Å². The van der Waals surface area contributed by atoms with Crippen molar-refractivity contribution >= 4 is 6.09 Å². The van der Waals surface area contributed by atoms with E-state index in [0.29, 0.717) is 0 Å². The maximum Gasteiger partial charge on any atom is 0.408 e. The van der Waals surface area contributed by atoms with Crippen LogP contribution in [0.1, 0.15) is 39.2 Å². The molecule has 2 fully saturated rings. The van der Waals surface area contributed by atoms with Crippen LogP contribution in [-0.2, 0) is 15.9 Å². The quantitative estimate of drug-likeness (QED) is 0.621. The Kier molecular flexibility index (Phi) is 9.57. The minimum Gasteiger partial charge on any atom is -0.444 e. The molecule has 1 N–H and O–H groups in total. The number of rotatable bonds is 8. The molecule has 6 nitrogen and oxygen atoms in total. The average Bonchev–Trinajstić information content (AvgIpc) is 2.75. The molecule has 6 heteroatoms. The molecule has 32 heavy (non-hydrogen) atoms. The van der Waals surface area contributed by atoms with Gasteiger partial charge in [-0.15, -0.1) is 0 Å². The third-order valence-corrected chi connectivity index (χ3v) is 6.05. The lowest BCUT2D eigenvalue weighted by Gasteiger charge is -2.36. The molecule has 0 unspecified atom stereocenters. The van der Waals surface area contributed by atoms with E-state index in [9.17, 15) is 4.79 Å². The van der Waals surface area contributed by atoms with Gasteiger partial charge in [-0.2, -0.15) is 0 Å². The van der Waals surface area contributed by atoms with Gasteiger partial charge >= 0.3 is 6.09 Å². The first-order valence-electron chi connectivity index (χ1n) is 12.1. The highest BCUT2D eigenvalue weighted by atomic mass is 16.6. The predicted molar refractivity (Wildman–Crippen MR) is 129 cm³/mol. The number of ether oxygens (including phenoxy) is 2. The van der Waals surface area contributed by atoms with E-state index in [0.717, 1.165) is 58.3 Å². The van der Waals surface area contributed by atoms with Crippen molar-refractivity contribution in [1.29, 1.82) is 0 Å². The molecule has 0 aromatic heterocycles. The summed E-state index contributed by atoms with van der Waals surface area (Å²) in [7, 11) is 0. The molecule has 0 saturated carbocycles. The molecular formula is C26H41N3O3. The summed E-state index contributed by atoms with van der Waals surface area (Å²) in [6.07, 6.45) is 7.09. The number of nitrogens with zero attached hydrogens (tertiary/aromatic N) is 2. The van der Waals surface area contributed by atoms with Crippen molar-refractivity contribution in [3.63, 3.8) is 0 Å². The molecule has 1 amide bonds. The van der Waals surface area contributed by atoms with Crippen LogP contribution in [-0.4, -0.2) is 80.0 Å². The first kappa shape index (κ1) is 24.7. The maximum atomic E-state index is 12.3. The van der Waals surface area contributed by atoms with E-state index in [1.165, 1.54) is 24.9 Å².